The number of rotatable bonds is 6. The quantitative estimate of drug-likeness (QED) is 0.435. The van der Waals surface area contributed by atoms with Crippen molar-refractivity contribution < 1.29 is 23.7 Å². The molecular formula is C19H17FN4O5. The number of hydrogen-bond acceptors (Lipinski definition) is 5. The molecule has 1 atom stereocenters. The summed E-state index contributed by atoms with van der Waals surface area (Å²) in [5.41, 5.74) is -0.571. The molecule has 1 heterocycles. The lowest BCUT2D eigenvalue weighted by molar-refractivity contribution is -0.384. The highest BCUT2D eigenvalue weighted by molar-refractivity contribution is 6.09. The number of carbonyl (C=O) groups excluding carboxylic acids is 3. The number of halogens is 1. The van der Waals surface area contributed by atoms with Crippen LogP contribution in [0, 0.1) is 15.9 Å². The van der Waals surface area contributed by atoms with Crippen molar-refractivity contribution in [3.63, 3.8) is 0 Å². The summed E-state index contributed by atoms with van der Waals surface area (Å²) in [6.45, 7) is 1.08. The molecule has 4 amide bonds. The Morgan fingerprint density at radius 3 is 2.38 bits per heavy atom. The van der Waals surface area contributed by atoms with E-state index in [4.69, 9.17) is 0 Å². The van der Waals surface area contributed by atoms with E-state index in [-0.39, 0.29) is 12.2 Å². The molecule has 0 radical (unpaired) electrons. The minimum absolute atomic E-state index is 0.113. The number of carbonyl (C=O) groups is 3. The predicted octanol–water partition coefficient (Wildman–Crippen LogP) is 1.82. The van der Waals surface area contributed by atoms with Crippen LogP contribution in [0.1, 0.15) is 18.1 Å². The van der Waals surface area contributed by atoms with E-state index in [9.17, 15) is 28.9 Å². The molecular weight excluding hydrogens is 383 g/mol. The minimum Gasteiger partial charge on any atom is -0.350 e. The third-order valence-electron chi connectivity index (χ3n) is 4.64. The Morgan fingerprint density at radius 1 is 1.17 bits per heavy atom. The number of amides is 4. The van der Waals surface area contributed by atoms with E-state index in [1.54, 1.807) is 0 Å². The molecule has 1 aliphatic heterocycles. The fourth-order valence-corrected chi connectivity index (χ4v) is 2.96. The van der Waals surface area contributed by atoms with Crippen LogP contribution < -0.4 is 10.6 Å². The van der Waals surface area contributed by atoms with Gasteiger partial charge in [-0.1, -0.05) is 12.1 Å². The van der Waals surface area contributed by atoms with Gasteiger partial charge < -0.3 is 10.6 Å². The second-order valence-corrected chi connectivity index (χ2v) is 6.65. The standard InChI is InChI=1S/C19H17FN4O5/c1-19(13-4-8-15(9-5-13)24(28)29)17(26)23(18(27)22-19)11-16(25)21-10-12-2-6-14(20)7-3-12/h2-9H,10-11H2,1H3,(H,21,25)(H,22,27)/t19-/m0/s1. The Kier molecular flexibility index (Phi) is 5.26. The molecule has 0 saturated carbocycles. The smallest absolute Gasteiger partial charge is 0.325 e. The molecule has 3 rings (SSSR count). The van der Waals surface area contributed by atoms with Crippen LogP contribution >= 0.6 is 0 Å². The van der Waals surface area contributed by atoms with Crippen LogP contribution in [0.15, 0.2) is 48.5 Å². The van der Waals surface area contributed by atoms with E-state index in [1.807, 2.05) is 0 Å². The molecule has 0 aliphatic carbocycles. The van der Waals surface area contributed by atoms with E-state index >= 15 is 0 Å². The molecule has 1 fully saturated rings. The fourth-order valence-electron chi connectivity index (χ4n) is 2.96. The van der Waals surface area contributed by atoms with Crippen LogP contribution in [0.25, 0.3) is 0 Å². The van der Waals surface area contributed by atoms with Crippen LogP contribution in [-0.4, -0.2) is 34.2 Å². The predicted molar refractivity (Wildman–Crippen MR) is 98.9 cm³/mol. The second kappa shape index (κ2) is 7.66. The summed E-state index contributed by atoms with van der Waals surface area (Å²) in [6, 6.07) is 10.0. The lowest BCUT2D eigenvalue weighted by atomic mass is 9.92. The second-order valence-electron chi connectivity index (χ2n) is 6.65. The molecule has 0 spiro atoms. The van der Waals surface area contributed by atoms with Gasteiger partial charge in [-0.25, -0.2) is 9.18 Å². The Hall–Kier alpha value is -3.82. The van der Waals surface area contributed by atoms with Gasteiger partial charge in [0.05, 0.1) is 4.92 Å². The first-order chi connectivity index (χ1) is 13.7. The van der Waals surface area contributed by atoms with E-state index in [2.05, 4.69) is 10.6 Å². The van der Waals surface area contributed by atoms with Crippen molar-refractivity contribution in [3.05, 3.63) is 75.6 Å². The largest absolute Gasteiger partial charge is 0.350 e. The first kappa shape index (κ1) is 19.9. The van der Waals surface area contributed by atoms with Gasteiger partial charge >= 0.3 is 6.03 Å². The summed E-state index contributed by atoms with van der Waals surface area (Å²) in [4.78, 5) is 48.2. The van der Waals surface area contributed by atoms with Gasteiger partial charge in [0.2, 0.25) is 5.91 Å². The third-order valence-corrected chi connectivity index (χ3v) is 4.64. The molecule has 29 heavy (non-hydrogen) atoms. The monoisotopic (exact) mass is 400 g/mol. The van der Waals surface area contributed by atoms with Gasteiger partial charge in [-0.3, -0.25) is 24.6 Å². The summed E-state index contributed by atoms with van der Waals surface area (Å²) >= 11 is 0. The van der Waals surface area contributed by atoms with Gasteiger partial charge in [-0.05, 0) is 42.3 Å². The number of hydrogen-bond donors (Lipinski definition) is 2. The highest BCUT2D eigenvalue weighted by Crippen LogP contribution is 2.29. The van der Waals surface area contributed by atoms with Crippen LogP contribution in [0.4, 0.5) is 14.9 Å². The lowest BCUT2D eigenvalue weighted by Gasteiger charge is -2.22. The number of nitro groups is 1. The third kappa shape index (κ3) is 4.05. The van der Waals surface area contributed by atoms with Gasteiger partial charge in [0, 0.05) is 18.7 Å². The molecule has 0 unspecified atom stereocenters. The van der Waals surface area contributed by atoms with E-state index in [1.165, 1.54) is 55.5 Å². The van der Waals surface area contributed by atoms with Gasteiger partial charge in [0.1, 0.15) is 17.9 Å². The maximum absolute atomic E-state index is 12.9. The number of nitrogens with zero attached hydrogens (tertiary/aromatic N) is 2. The van der Waals surface area contributed by atoms with Crippen LogP contribution in [-0.2, 0) is 21.7 Å². The molecule has 2 aromatic rings. The van der Waals surface area contributed by atoms with Crippen LogP contribution in [0.2, 0.25) is 0 Å². The average molecular weight is 400 g/mol. The molecule has 2 N–H and O–H groups in total. The van der Waals surface area contributed by atoms with E-state index < -0.39 is 40.7 Å². The SMILES string of the molecule is C[C@@]1(c2ccc([N+](=O)[O-])cc2)NC(=O)N(CC(=O)NCc2ccc(F)cc2)C1=O. The van der Waals surface area contributed by atoms with Crippen molar-refractivity contribution in [1.29, 1.82) is 0 Å². The number of non-ortho nitro benzene ring substituents is 1. The van der Waals surface area contributed by atoms with E-state index in [0.717, 1.165) is 4.90 Å². The van der Waals surface area contributed by atoms with Crippen LogP contribution in [0.3, 0.4) is 0 Å². The molecule has 1 saturated heterocycles. The number of urea groups is 1. The van der Waals surface area contributed by atoms with Gasteiger partial charge in [0.25, 0.3) is 11.6 Å². The average Bonchev–Trinajstić information content (AvgIpc) is 2.91. The summed E-state index contributed by atoms with van der Waals surface area (Å²) in [6.07, 6.45) is 0. The van der Waals surface area contributed by atoms with Crippen molar-refractivity contribution in [1.82, 2.24) is 15.5 Å². The zero-order chi connectivity index (χ0) is 21.2. The lowest BCUT2D eigenvalue weighted by Crippen LogP contribution is -2.43. The minimum atomic E-state index is -1.44. The maximum atomic E-state index is 12.9. The Morgan fingerprint density at radius 2 is 1.79 bits per heavy atom. The van der Waals surface area contributed by atoms with Gasteiger partial charge in [-0.15, -0.1) is 0 Å². The molecule has 10 heteroatoms. The Balaban J connectivity index is 1.67. The summed E-state index contributed by atoms with van der Waals surface area (Å²) < 4.78 is 12.9. The summed E-state index contributed by atoms with van der Waals surface area (Å²) in [7, 11) is 0. The normalized spacial score (nSPS) is 18.5. The summed E-state index contributed by atoms with van der Waals surface area (Å²) in [5, 5.41) is 15.9. The number of nitro benzene ring substituents is 1. The first-order valence-electron chi connectivity index (χ1n) is 8.61. The van der Waals surface area contributed by atoms with Crippen LogP contribution in [0.5, 0.6) is 0 Å². The molecule has 150 valence electrons. The molecule has 9 nitrogen and oxygen atoms in total. The Labute approximate surface area is 164 Å². The van der Waals surface area contributed by atoms with Crippen molar-refractivity contribution in [2.24, 2.45) is 0 Å². The Bertz CT molecular complexity index is 977. The number of benzene rings is 2. The first-order valence-corrected chi connectivity index (χ1v) is 8.61. The highest BCUT2D eigenvalue weighted by Gasteiger charge is 2.49. The van der Waals surface area contributed by atoms with Crippen molar-refractivity contribution in [2.75, 3.05) is 6.54 Å². The fraction of sp³-hybridized carbons (Fsp3) is 0.211. The summed E-state index contributed by atoms with van der Waals surface area (Å²) in [5.74, 6) is -1.61. The number of imide groups is 1. The van der Waals surface area contributed by atoms with Crippen molar-refractivity contribution >= 4 is 23.5 Å². The van der Waals surface area contributed by atoms with Crippen molar-refractivity contribution in [2.45, 2.75) is 19.0 Å². The highest BCUT2D eigenvalue weighted by atomic mass is 19.1. The van der Waals surface area contributed by atoms with E-state index in [0.29, 0.717) is 11.1 Å². The topological polar surface area (TPSA) is 122 Å². The molecule has 2 aromatic carbocycles. The molecule has 0 aromatic heterocycles. The van der Waals surface area contributed by atoms with Gasteiger partial charge in [0.15, 0.2) is 0 Å². The van der Waals surface area contributed by atoms with Crippen molar-refractivity contribution in [3.8, 4) is 0 Å². The zero-order valence-electron chi connectivity index (χ0n) is 15.3. The maximum Gasteiger partial charge on any atom is 0.325 e. The van der Waals surface area contributed by atoms with Gasteiger partial charge in [-0.2, -0.15) is 0 Å². The number of nitrogens with one attached hydrogen (secondary N) is 2. The molecule has 1 aliphatic rings. The zero-order valence-corrected chi connectivity index (χ0v) is 15.3. The molecule has 0 bridgehead atoms.